The molecule has 152 valence electrons. The van der Waals surface area contributed by atoms with Crippen LogP contribution in [0.15, 0.2) is 24.3 Å². The van der Waals surface area contributed by atoms with Crippen LogP contribution < -0.4 is 10.2 Å². The van der Waals surface area contributed by atoms with Gasteiger partial charge in [0.15, 0.2) is 0 Å². The van der Waals surface area contributed by atoms with E-state index >= 15 is 0 Å². The van der Waals surface area contributed by atoms with E-state index < -0.39 is 10.0 Å². The Morgan fingerprint density at radius 3 is 2.33 bits per heavy atom. The Morgan fingerprint density at radius 1 is 1.15 bits per heavy atom. The maximum Gasteiger partial charge on any atom is 0.225 e. The molecule has 0 saturated carbocycles. The standard InChI is InChI=1S/C18H30N4O4S/c1-20-10-12-21(13-11-20)17-6-4-16(5-7-17)19-18(23)8-9-22(14-15-26-2)27(3,24)25/h4-7H,8-15H2,1-3H3,(H,19,23). The molecule has 2 rings (SSSR count). The van der Waals surface area contributed by atoms with Crippen molar-refractivity contribution in [2.24, 2.45) is 0 Å². The molecule has 0 aromatic heterocycles. The Kier molecular flexibility index (Phi) is 8.03. The van der Waals surface area contributed by atoms with E-state index in [4.69, 9.17) is 4.74 Å². The molecule has 1 N–H and O–H groups in total. The topological polar surface area (TPSA) is 82.2 Å². The summed E-state index contributed by atoms with van der Waals surface area (Å²) < 4.78 is 29.7. The molecule has 1 fully saturated rings. The number of nitrogens with one attached hydrogen (secondary N) is 1. The number of benzene rings is 1. The van der Waals surface area contributed by atoms with Crippen LogP contribution in [0.3, 0.4) is 0 Å². The largest absolute Gasteiger partial charge is 0.383 e. The van der Waals surface area contributed by atoms with Gasteiger partial charge in [-0.15, -0.1) is 0 Å². The summed E-state index contributed by atoms with van der Waals surface area (Å²) in [5.41, 5.74) is 1.85. The van der Waals surface area contributed by atoms with Crippen molar-refractivity contribution < 1.29 is 17.9 Å². The van der Waals surface area contributed by atoms with E-state index in [0.29, 0.717) is 12.3 Å². The smallest absolute Gasteiger partial charge is 0.225 e. The quantitative estimate of drug-likeness (QED) is 0.659. The van der Waals surface area contributed by atoms with Gasteiger partial charge < -0.3 is 19.9 Å². The van der Waals surface area contributed by atoms with Crippen molar-refractivity contribution in [3.05, 3.63) is 24.3 Å². The van der Waals surface area contributed by atoms with Crippen LogP contribution in [0, 0.1) is 0 Å². The predicted octanol–water partition coefficient (Wildman–Crippen LogP) is 0.675. The summed E-state index contributed by atoms with van der Waals surface area (Å²) >= 11 is 0. The van der Waals surface area contributed by atoms with Crippen LogP contribution in [0.25, 0.3) is 0 Å². The minimum Gasteiger partial charge on any atom is -0.383 e. The lowest BCUT2D eigenvalue weighted by Gasteiger charge is -2.34. The Morgan fingerprint density at radius 2 is 1.78 bits per heavy atom. The highest BCUT2D eigenvalue weighted by atomic mass is 32.2. The van der Waals surface area contributed by atoms with Gasteiger partial charge in [0.25, 0.3) is 0 Å². The van der Waals surface area contributed by atoms with Gasteiger partial charge in [-0.1, -0.05) is 0 Å². The lowest BCUT2D eigenvalue weighted by atomic mass is 10.2. The second kappa shape index (κ2) is 10.0. The number of hydrogen-bond acceptors (Lipinski definition) is 6. The van der Waals surface area contributed by atoms with Crippen molar-refractivity contribution in [1.82, 2.24) is 9.21 Å². The lowest BCUT2D eigenvalue weighted by molar-refractivity contribution is -0.116. The molecule has 8 nitrogen and oxygen atoms in total. The number of rotatable bonds is 9. The van der Waals surface area contributed by atoms with E-state index in [9.17, 15) is 13.2 Å². The van der Waals surface area contributed by atoms with E-state index in [1.807, 2.05) is 24.3 Å². The molecular weight excluding hydrogens is 368 g/mol. The van der Waals surface area contributed by atoms with Crippen LogP contribution in [0.2, 0.25) is 0 Å². The fraction of sp³-hybridized carbons (Fsp3) is 0.611. The molecule has 9 heteroatoms. The molecule has 1 amide bonds. The molecule has 0 radical (unpaired) electrons. The van der Waals surface area contributed by atoms with E-state index in [1.165, 1.54) is 11.4 Å². The summed E-state index contributed by atoms with van der Waals surface area (Å²) in [4.78, 5) is 16.8. The zero-order valence-corrected chi connectivity index (χ0v) is 17.2. The Balaban J connectivity index is 1.84. The average molecular weight is 399 g/mol. The average Bonchev–Trinajstić information content (AvgIpc) is 2.62. The highest BCUT2D eigenvalue weighted by Crippen LogP contribution is 2.19. The molecule has 0 atom stereocenters. The van der Waals surface area contributed by atoms with Crippen molar-refractivity contribution in [3.8, 4) is 0 Å². The molecule has 1 aromatic carbocycles. The van der Waals surface area contributed by atoms with Gasteiger partial charge in [-0.2, -0.15) is 4.31 Å². The summed E-state index contributed by atoms with van der Waals surface area (Å²) in [7, 11) is 0.271. The van der Waals surface area contributed by atoms with Gasteiger partial charge in [0.05, 0.1) is 12.9 Å². The van der Waals surface area contributed by atoms with Gasteiger partial charge in [0.2, 0.25) is 15.9 Å². The molecule has 0 unspecified atom stereocenters. The zero-order chi connectivity index (χ0) is 19.9. The van der Waals surface area contributed by atoms with Crippen molar-refractivity contribution >= 4 is 27.3 Å². The van der Waals surface area contributed by atoms with Crippen LogP contribution in [-0.4, -0.2) is 89.8 Å². The van der Waals surface area contributed by atoms with Gasteiger partial charge in [-0.25, -0.2) is 8.42 Å². The van der Waals surface area contributed by atoms with Crippen molar-refractivity contribution in [2.75, 3.05) is 76.5 Å². The van der Waals surface area contributed by atoms with E-state index in [1.54, 1.807) is 0 Å². The molecule has 1 aliphatic rings. The number of nitrogens with zero attached hydrogens (tertiary/aromatic N) is 3. The van der Waals surface area contributed by atoms with E-state index in [-0.39, 0.29) is 25.4 Å². The highest BCUT2D eigenvalue weighted by Gasteiger charge is 2.18. The summed E-state index contributed by atoms with van der Waals surface area (Å²) in [5.74, 6) is -0.214. The van der Waals surface area contributed by atoms with Crippen molar-refractivity contribution in [3.63, 3.8) is 0 Å². The van der Waals surface area contributed by atoms with Gasteiger partial charge in [-0.05, 0) is 31.3 Å². The zero-order valence-electron chi connectivity index (χ0n) is 16.3. The molecule has 0 spiro atoms. The third-order valence-electron chi connectivity index (χ3n) is 4.62. The predicted molar refractivity (Wildman–Crippen MR) is 108 cm³/mol. The maximum atomic E-state index is 12.2. The first kappa shape index (κ1) is 21.6. The Hall–Kier alpha value is -1.68. The Labute approximate surface area is 162 Å². The van der Waals surface area contributed by atoms with Gasteiger partial charge >= 0.3 is 0 Å². The lowest BCUT2D eigenvalue weighted by Crippen LogP contribution is -2.44. The number of carbonyl (C=O) groups excluding carboxylic acids is 1. The summed E-state index contributed by atoms with van der Waals surface area (Å²) in [5, 5.41) is 2.82. The monoisotopic (exact) mass is 398 g/mol. The van der Waals surface area contributed by atoms with Crippen LogP contribution in [-0.2, 0) is 19.6 Å². The van der Waals surface area contributed by atoms with Crippen LogP contribution >= 0.6 is 0 Å². The highest BCUT2D eigenvalue weighted by molar-refractivity contribution is 7.88. The number of carbonyl (C=O) groups is 1. The number of anilines is 2. The first-order valence-corrected chi connectivity index (χ1v) is 10.9. The number of methoxy groups -OCH3 is 1. The van der Waals surface area contributed by atoms with Gasteiger partial charge in [0, 0.05) is 64.2 Å². The minimum absolute atomic E-state index is 0.0942. The van der Waals surface area contributed by atoms with Crippen LogP contribution in [0.5, 0.6) is 0 Å². The van der Waals surface area contributed by atoms with Crippen LogP contribution in [0.4, 0.5) is 11.4 Å². The SMILES string of the molecule is COCCN(CCC(=O)Nc1ccc(N2CCN(C)CC2)cc1)S(C)(=O)=O. The number of piperazine rings is 1. The summed E-state index contributed by atoms with van der Waals surface area (Å²) in [6.07, 6.45) is 1.23. The van der Waals surface area contributed by atoms with Gasteiger partial charge in [0.1, 0.15) is 0 Å². The van der Waals surface area contributed by atoms with E-state index in [0.717, 1.165) is 38.1 Å². The molecule has 1 saturated heterocycles. The number of amides is 1. The summed E-state index contributed by atoms with van der Waals surface area (Å²) in [6.45, 7) is 4.73. The van der Waals surface area contributed by atoms with Crippen molar-refractivity contribution in [2.45, 2.75) is 6.42 Å². The third-order valence-corrected chi connectivity index (χ3v) is 5.92. The minimum atomic E-state index is -3.36. The Bertz CT molecular complexity index is 701. The fourth-order valence-corrected chi connectivity index (χ4v) is 3.74. The molecule has 27 heavy (non-hydrogen) atoms. The molecule has 1 aromatic rings. The number of hydrogen-bond donors (Lipinski definition) is 1. The van der Waals surface area contributed by atoms with Gasteiger partial charge in [-0.3, -0.25) is 4.79 Å². The summed E-state index contributed by atoms with van der Waals surface area (Å²) in [6, 6.07) is 7.76. The second-order valence-corrected chi connectivity index (χ2v) is 8.77. The number of ether oxygens (including phenoxy) is 1. The third kappa shape index (κ3) is 7.10. The molecule has 1 heterocycles. The molecule has 0 bridgehead atoms. The first-order valence-electron chi connectivity index (χ1n) is 9.07. The molecule has 0 aliphatic carbocycles. The van der Waals surface area contributed by atoms with E-state index in [2.05, 4.69) is 22.2 Å². The normalized spacial score (nSPS) is 15.9. The second-order valence-electron chi connectivity index (χ2n) is 6.79. The first-order chi connectivity index (χ1) is 12.8. The molecular formula is C18H30N4O4S. The number of sulfonamides is 1. The maximum absolute atomic E-state index is 12.2. The van der Waals surface area contributed by atoms with Crippen molar-refractivity contribution in [1.29, 1.82) is 0 Å². The number of likely N-dealkylation sites (N-methyl/N-ethyl adjacent to an activating group) is 1. The molecule has 1 aliphatic heterocycles. The fourth-order valence-electron chi connectivity index (χ4n) is 2.91. The van der Waals surface area contributed by atoms with Crippen LogP contribution in [0.1, 0.15) is 6.42 Å².